The largest absolute Gasteiger partial charge is 0.512 e. The highest BCUT2D eigenvalue weighted by atomic mass is 19.1. The van der Waals surface area contributed by atoms with E-state index in [1.165, 1.54) is 31.5 Å². The molecular formula is C15H15F2N3O. The van der Waals surface area contributed by atoms with Crippen molar-refractivity contribution in [2.45, 2.75) is 13.8 Å². The fraction of sp³-hybridized carbons (Fsp3) is 0.200. The number of nitrogens with one attached hydrogen (secondary N) is 1. The van der Waals surface area contributed by atoms with Crippen LogP contribution >= 0.6 is 0 Å². The molecule has 1 aromatic carbocycles. The number of anilines is 1. The van der Waals surface area contributed by atoms with Crippen LogP contribution in [0.25, 0.3) is 16.8 Å². The quantitative estimate of drug-likeness (QED) is 0.845. The molecule has 0 saturated heterocycles. The average Bonchev–Trinajstić information content (AvgIpc) is 2.47. The number of aromatic nitrogens is 2. The minimum absolute atomic E-state index is 0.0919. The van der Waals surface area contributed by atoms with Crippen LogP contribution in [0.3, 0.4) is 0 Å². The van der Waals surface area contributed by atoms with Gasteiger partial charge >= 0.3 is 0 Å². The summed E-state index contributed by atoms with van der Waals surface area (Å²) < 4.78 is 28.0. The molecule has 0 saturated carbocycles. The molecule has 0 aliphatic rings. The van der Waals surface area contributed by atoms with Gasteiger partial charge in [0.05, 0.1) is 40.8 Å². The second kappa shape index (κ2) is 5.87. The minimum atomic E-state index is -0.717. The van der Waals surface area contributed by atoms with Crippen LogP contribution in [0.2, 0.25) is 0 Å². The van der Waals surface area contributed by atoms with Crippen molar-refractivity contribution < 1.29 is 13.9 Å². The van der Waals surface area contributed by atoms with E-state index in [0.717, 1.165) is 0 Å². The first kappa shape index (κ1) is 14.9. The van der Waals surface area contributed by atoms with Crippen LogP contribution in [0.15, 0.2) is 30.3 Å². The summed E-state index contributed by atoms with van der Waals surface area (Å²) in [5, 5.41) is 12.0. The van der Waals surface area contributed by atoms with E-state index in [1.807, 2.05) is 0 Å². The summed E-state index contributed by atoms with van der Waals surface area (Å²) in [6.07, 6.45) is 2.65. The van der Waals surface area contributed by atoms with E-state index in [-0.39, 0.29) is 22.7 Å². The number of aliphatic hydroxyl groups is 1. The van der Waals surface area contributed by atoms with E-state index in [4.69, 9.17) is 0 Å². The van der Waals surface area contributed by atoms with Gasteiger partial charge in [-0.1, -0.05) is 0 Å². The molecule has 0 atom stereocenters. The van der Waals surface area contributed by atoms with Crippen molar-refractivity contribution in [1.29, 1.82) is 0 Å². The highest BCUT2D eigenvalue weighted by Gasteiger charge is 2.16. The van der Waals surface area contributed by atoms with Crippen LogP contribution in [0.1, 0.15) is 19.5 Å². The Labute approximate surface area is 121 Å². The van der Waals surface area contributed by atoms with Crippen molar-refractivity contribution in [3.63, 3.8) is 0 Å². The molecule has 1 heterocycles. The average molecular weight is 291 g/mol. The molecule has 0 fully saturated rings. The molecule has 1 aromatic heterocycles. The van der Waals surface area contributed by atoms with Gasteiger partial charge in [-0.05, 0) is 26.0 Å². The minimum Gasteiger partial charge on any atom is -0.512 e. The molecule has 4 nitrogen and oxygen atoms in total. The second-order valence-electron chi connectivity index (χ2n) is 4.53. The second-order valence-corrected chi connectivity index (χ2v) is 4.53. The molecule has 0 bridgehead atoms. The summed E-state index contributed by atoms with van der Waals surface area (Å²) in [6, 6.07) is 2.49. The lowest BCUT2D eigenvalue weighted by Gasteiger charge is -2.09. The number of halogens is 2. The van der Waals surface area contributed by atoms with E-state index in [0.29, 0.717) is 11.3 Å². The monoisotopic (exact) mass is 291 g/mol. The van der Waals surface area contributed by atoms with Gasteiger partial charge in [-0.25, -0.2) is 8.78 Å². The Kier molecular flexibility index (Phi) is 4.16. The molecule has 0 aliphatic carbocycles. The fourth-order valence-corrected chi connectivity index (χ4v) is 1.82. The lowest BCUT2D eigenvalue weighted by molar-refractivity contribution is 0.416. The van der Waals surface area contributed by atoms with Crippen LogP contribution in [0.5, 0.6) is 0 Å². The lowest BCUT2D eigenvalue weighted by Crippen LogP contribution is -2.00. The molecule has 110 valence electrons. The number of allylic oxidation sites excluding steroid dienone is 2. The maximum absolute atomic E-state index is 14.2. The number of aliphatic hydroxyl groups excluding tert-OH is 1. The molecule has 2 N–H and O–H groups in total. The summed E-state index contributed by atoms with van der Waals surface area (Å²) in [4.78, 5) is 8.11. The molecule has 0 spiro atoms. The third-order valence-corrected chi connectivity index (χ3v) is 3.20. The Balaban J connectivity index is 2.52. The predicted molar refractivity (Wildman–Crippen MR) is 77.8 cm³/mol. The van der Waals surface area contributed by atoms with Crippen LogP contribution in [-0.4, -0.2) is 22.1 Å². The molecule has 2 aromatic rings. The zero-order valence-electron chi connectivity index (χ0n) is 11.9. The van der Waals surface area contributed by atoms with Crippen molar-refractivity contribution in [3.05, 3.63) is 47.6 Å². The van der Waals surface area contributed by atoms with E-state index in [9.17, 15) is 13.9 Å². The van der Waals surface area contributed by atoms with Crippen LogP contribution in [0, 0.1) is 11.6 Å². The Morgan fingerprint density at radius 3 is 2.38 bits per heavy atom. The first-order valence-electron chi connectivity index (χ1n) is 6.30. The number of hydrogen-bond acceptors (Lipinski definition) is 4. The summed E-state index contributed by atoms with van der Waals surface area (Å²) in [5.74, 6) is -1.31. The van der Waals surface area contributed by atoms with Crippen molar-refractivity contribution in [1.82, 2.24) is 9.97 Å². The number of rotatable bonds is 3. The first-order valence-corrected chi connectivity index (χ1v) is 6.30. The van der Waals surface area contributed by atoms with E-state index in [1.54, 1.807) is 14.0 Å². The molecule has 0 radical (unpaired) electrons. The van der Waals surface area contributed by atoms with Gasteiger partial charge in [-0.3, -0.25) is 9.97 Å². The number of benzene rings is 1. The third-order valence-electron chi connectivity index (χ3n) is 3.20. The van der Waals surface area contributed by atoms with Gasteiger partial charge in [0.1, 0.15) is 5.82 Å². The molecular weight excluding hydrogens is 276 g/mol. The SMILES string of the molecule is CNc1ccc(F)c(-c2cnc(/C(C)=C(/C)O)cn2)c1F. The Hall–Kier alpha value is -2.50. The van der Waals surface area contributed by atoms with E-state index in [2.05, 4.69) is 15.3 Å². The Morgan fingerprint density at radius 2 is 1.86 bits per heavy atom. The highest BCUT2D eigenvalue weighted by molar-refractivity contribution is 5.68. The lowest BCUT2D eigenvalue weighted by atomic mass is 10.1. The first-order chi connectivity index (χ1) is 9.95. The highest BCUT2D eigenvalue weighted by Crippen LogP contribution is 2.29. The van der Waals surface area contributed by atoms with Gasteiger partial charge in [0.2, 0.25) is 0 Å². The van der Waals surface area contributed by atoms with E-state index < -0.39 is 11.6 Å². The summed E-state index contributed by atoms with van der Waals surface area (Å²) in [7, 11) is 1.55. The molecule has 0 unspecified atom stereocenters. The maximum Gasteiger partial charge on any atom is 0.158 e. The van der Waals surface area contributed by atoms with Gasteiger partial charge in [0.15, 0.2) is 5.82 Å². The topological polar surface area (TPSA) is 58.0 Å². The van der Waals surface area contributed by atoms with Gasteiger partial charge in [0.25, 0.3) is 0 Å². The van der Waals surface area contributed by atoms with Gasteiger partial charge in [-0.2, -0.15) is 0 Å². The van der Waals surface area contributed by atoms with Crippen LogP contribution in [-0.2, 0) is 0 Å². The zero-order valence-corrected chi connectivity index (χ0v) is 11.9. The molecule has 0 aliphatic heterocycles. The van der Waals surface area contributed by atoms with Gasteiger partial charge in [-0.15, -0.1) is 0 Å². The summed E-state index contributed by atoms with van der Waals surface area (Å²) in [5.41, 5.74) is 1.04. The molecule has 0 amide bonds. The van der Waals surface area contributed by atoms with Crippen molar-refractivity contribution >= 4 is 11.3 Å². The van der Waals surface area contributed by atoms with Crippen molar-refractivity contribution in [3.8, 4) is 11.3 Å². The smallest absolute Gasteiger partial charge is 0.158 e. The maximum atomic E-state index is 14.2. The van der Waals surface area contributed by atoms with Crippen LogP contribution in [0.4, 0.5) is 14.5 Å². The zero-order chi connectivity index (χ0) is 15.6. The Morgan fingerprint density at radius 1 is 1.14 bits per heavy atom. The number of hydrogen-bond donors (Lipinski definition) is 2. The Bertz CT molecular complexity index is 693. The van der Waals surface area contributed by atoms with Crippen LogP contribution < -0.4 is 5.32 Å². The van der Waals surface area contributed by atoms with Gasteiger partial charge in [0, 0.05) is 12.6 Å². The molecule has 6 heteroatoms. The molecule has 2 rings (SSSR count). The summed E-state index contributed by atoms with van der Waals surface area (Å²) in [6.45, 7) is 3.21. The van der Waals surface area contributed by atoms with Gasteiger partial charge < -0.3 is 10.4 Å². The third kappa shape index (κ3) is 2.84. The number of nitrogens with zero attached hydrogens (tertiary/aromatic N) is 2. The fourth-order valence-electron chi connectivity index (χ4n) is 1.82. The van der Waals surface area contributed by atoms with Crippen molar-refractivity contribution in [2.24, 2.45) is 0 Å². The van der Waals surface area contributed by atoms with Crippen molar-refractivity contribution in [2.75, 3.05) is 12.4 Å². The molecule has 21 heavy (non-hydrogen) atoms. The predicted octanol–water partition coefficient (Wildman–Crippen LogP) is 3.77. The standard InChI is InChI=1S/C15H15F2N3O/c1-8(9(2)21)12-6-20-13(7-19-12)14-10(16)4-5-11(18-3)15(14)17/h4-7,18,21H,1-3H3/b9-8-. The summed E-state index contributed by atoms with van der Waals surface area (Å²) >= 11 is 0. The normalized spacial score (nSPS) is 12.0. The van der Waals surface area contributed by atoms with E-state index >= 15 is 0 Å².